The van der Waals surface area contributed by atoms with E-state index in [4.69, 9.17) is 0 Å². The fourth-order valence-electron chi connectivity index (χ4n) is 2.19. The van der Waals surface area contributed by atoms with Gasteiger partial charge in [-0.25, -0.2) is 0 Å². The zero-order valence-electron chi connectivity index (χ0n) is 8.07. The highest BCUT2D eigenvalue weighted by molar-refractivity contribution is 5.97. The highest BCUT2D eigenvalue weighted by atomic mass is 16.2. The number of carbonyl (C=O) groups excluding carboxylic acids is 1. The van der Waals surface area contributed by atoms with Crippen LogP contribution in [0.3, 0.4) is 0 Å². The van der Waals surface area contributed by atoms with Crippen LogP contribution >= 0.6 is 0 Å². The second-order valence-electron chi connectivity index (χ2n) is 4.12. The maximum atomic E-state index is 11.8. The van der Waals surface area contributed by atoms with Crippen LogP contribution in [0, 0.1) is 0 Å². The number of amides is 1. The molecule has 1 heterocycles. The summed E-state index contributed by atoms with van der Waals surface area (Å²) in [7, 11) is 0. The van der Waals surface area contributed by atoms with E-state index in [0.29, 0.717) is 18.4 Å². The van der Waals surface area contributed by atoms with Crippen LogP contribution in [0.2, 0.25) is 0 Å². The molecule has 0 radical (unpaired) electrons. The Hall–Kier alpha value is -1.31. The van der Waals surface area contributed by atoms with Crippen molar-refractivity contribution < 1.29 is 4.79 Å². The van der Waals surface area contributed by atoms with Gasteiger partial charge in [-0.1, -0.05) is 18.2 Å². The standard InChI is InChI=1S/C12H13NO/c14-12-8-5-9-3-1-2-4-11(9)13(12)10-6-7-10/h1-4,10H,5-8H2. The van der Waals surface area contributed by atoms with Crippen LogP contribution in [0.15, 0.2) is 24.3 Å². The van der Waals surface area contributed by atoms with Gasteiger partial charge in [0.15, 0.2) is 0 Å². The van der Waals surface area contributed by atoms with Gasteiger partial charge in [0.1, 0.15) is 0 Å². The molecule has 1 aromatic rings. The van der Waals surface area contributed by atoms with Crippen LogP contribution in [-0.4, -0.2) is 11.9 Å². The van der Waals surface area contributed by atoms with Gasteiger partial charge < -0.3 is 4.90 Å². The van der Waals surface area contributed by atoms with Gasteiger partial charge >= 0.3 is 0 Å². The van der Waals surface area contributed by atoms with E-state index in [9.17, 15) is 4.79 Å². The molecule has 3 rings (SSSR count). The van der Waals surface area contributed by atoms with Crippen LogP contribution in [-0.2, 0) is 11.2 Å². The highest BCUT2D eigenvalue weighted by Crippen LogP contribution is 2.37. The lowest BCUT2D eigenvalue weighted by molar-refractivity contribution is -0.119. The molecule has 72 valence electrons. The predicted octanol–water partition coefficient (Wildman–Crippen LogP) is 2.13. The normalized spacial score (nSPS) is 20.9. The quantitative estimate of drug-likeness (QED) is 0.659. The number of benzene rings is 1. The Kier molecular flexibility index (Phi) is 1.63. The Labute approximate surface area is 83.5 Å². The zero-order chi connectivity index (χ0) is 9.54. The Morgan fingerprint density at radius 1 is 1.14 bits per heavy atom. The topological polar surface area (TPSA) is 20.3 Å². The van der Waals surface area contributed by atoms with Gasteiger partial charge in [0, 0.05) is 18.2 Å². The number of para-hydroxylation sites is 1. The first-order valence-corrected chi connectivity index (χ1v) is 5.26. The molecular weight excluding hydrogens is 174 g/mol. The van der Waals surface area contributed by atoms with E-state index < -0.39 is 0 Å². The number of rotatable bonds is 1. The van der Waals surface area contributed by atoms with Crippen molar-refractivity contribution in [2.24, 2.45) is 0 Å². The van der Waals surface area contributed by atoms with Crippen LogP contribution in [0.4, 0.5) is 5.69 Å². The van der Waals surface area contributed by atoms with Gasteiger partial charge in [-0.2, -0.15) is 0 Å². The largest absolute Gasteiger partial charge is 0.309 e. The SMILES string of the molecule is O=C1CCc2ccccc2N1C1CC1. The maximum absolute atomic E-state index is 11.8. The van der Waals surface area contributed by atoms with Crippen molar-refractivity contribution in [2.45, 2.75) is 31.7 Å². The zero-order valence-corrected chi connectivity index (χ0v) is 8.07. The molecule has 0 saturated heterocycles. The maximum Gasteiger partial charge on any atom is 0.227 e. The third-order valence-corrected chi connectivity index (χ3v) is 3.04. The summed E-state index contributed by atoms with van der Waals surface area (Å²) >= 11 is 0. The fourth-order valence-corrected chi connectivity index (χ4v) is 2.19. The van der Waals surface area contributed by atoms with Gasteiger partial charge in [0.25, 0.3) is 0 Å². The summed E-state index contributed by atoms with van der Waals surface area (Å²) < 4.78 is 0. The summed E-state index contributed by atoms with van der Waals surface area (Å²) in [6.45, 7) is 0. The summed E-state index contributed by atoms with van der Waals surface area (Å²) in [4.78, 5) is 13.8. The van der Waals surface area contributed by atoms with Crippen molar-refractivity contribution in [1.29, 1.82) is 0 Å². The molecular formula is C12H13NO. The molecule has 1 aromatic carbocycles. The van der Waals surface area contributed by atoms with E-state index in [-0.39, 0.29) is 0 Å². The van der Waals surface area contributed by atoms with E-state index in [1.54, 1.807) is 0 Å². The monoisotopic (exact) mass is 187 g/mol. The molecule has 1 amide bonds. The second kappa shape index (κ2) is 2.84. The third-order valence-electron chi connectivity index (χ3n) is 3.04. The molecule has 2 nitrogen and oxygen atoms in total. The smallest absolute Gasteiger partial charge is 0.227 e. The predicted molar refractivity (Wildman–Crippen MR) is 55.3 cm³/mol. The van der Waals surface area contributed by atoms with Crippen molar-refractivity contribution >= 4 is 11.6 Å². The molecule has 14 heavy (non-hydrogen) atoms. The van der Waals surface area contributed by atoms with Crippen LogP contribution < -0.4 is 4.90 Å². The first kappa shape index (κ1) is 8.04. The van der Waals surface area contributed by atoms with Gasteiger partial charge in [-0.15, -0.1) is 0 Å². The van der Waals surface area contributed by atoms with E-state index in [1.807, 2.05) is 11.0 Å². The van der Waals surface area contributed by atoms with Crippen molar-refractivity contribution in [3.63, 3.8) is 0 Å². The van der Waals surface area contributed by atoms with E-state index >= 15 is 0 Å². The summed E-state index contributed by atoms with van der Waals surface area (Å²) in [6.07, 6.45) is 3.96. The number of anilines is 1. The Morgan fingerprint density at radius 2 is 1.93 bits per heavy atom. The number of aryl methyl sites for hydroxylation is 1. The third kappa shape index (κ3) is 1.14. The molecule has 0 aromatic heterocycles. The van der Waals surface area contributed by atoms with E-state index in [0.717, 1.165) is 12.1 Å². The van der Waals surface area contributed by atoms with Crippen molar-refractivity contribution in [3.8, 4) is 0 Å². The van der Waals surface area contributed by atoms with Crippen molar-refractivity contribution in [3.05, 3.63) is 29.8 Å². The highest BCUT2D eigenvalue weighted by Gasteiger charge is 2.36. The minimum atomic E-state index is 0.311. The summed E-state index contributed by atoms with van der Waals surface area (Å²) in [6, 6.07) is 8.79. The van der Waals surface area contributed by atoms with Crippen molar-refractivity contribution in [1.82, 2.24) is 0 Å². The van der Waals surface area contributed by atoms with Crippen molar-refractivity contribution in [2.75, 3.05) is 4.90 Å². The van der Waals surface area contributed by atoms with Gasteiger partial charge in [0.05, 0.1) is 0 Å². The second-order valence-corrected chi connectivity index (χ2v) is 4.12. The van der Waals surface area contributed by atoms with E-state index in [2.05, 4.69) is 18.2 Å². The average Bonchev–Trinajstić information content (AvgIpc) is 3.01. The molecule has 0 atom stereocenters. The summed E-state index contributed by atoms with van der Waals surface area (Å²) in [5.41, 5.74) is 2.49. The summed E-state index contributed by atoms with van der Waals surface area (Å²) in [5.74, 6) is 0.311. The van der Waals surface area contributed by atoms with Crippen LogP contribution in [0.25, 0.3) is 0 Å². The van der Waals surface area contributed by atoms with Gasteiger partial charge in [-0.3, -0.25) is 4.79 Å². The lowest BCUT2D eigenvalue weighted by atomic mass is 10.0. The fraction of sp³-hybridized carbons (Fsp3) is 0.417. The van der Waals surface area contributed by atoms with Gasteiger partial charge in [-0.05, 0) is 30.9 Å². The average molecular weight is 187 g/mol. The molecule has 2 heteroatoms. The van der Waals surface area contributed by atoms with Crippen LogP contribution in [0.5, 0.6) is 0 Å². The Balaban J connectivity index is 2.06. The number of carbonyl (C=O) groups is 1. The molecule has 0 spiro atoms. The first-order valence-electron chi connectivity index (χ1n) is 5.26. The van der Waals surface area contributed by atoms with E-state index in [1.165, 1.54) is 18.4 Å². The Morgan fingerprint density at radius 3 is 2.71 bits per heavy atom. The molecule has 1 aliphatic heterocycles. The lowest BCUT2D eigenvalue weighted by Gasteiger charge is -2.29. The molecule has 1 aliphatic carbocycles. The molecule has 0 bridgehead atoms. The first-order chi connectivity index (χ1) is 6.86. The number of nitrogens with zero attached hydrogens (tertiary/aromatic N) is 1. The van der Waals surface area contributed by atoms with Gasteiger partial charge in [0.2, 0.25) is 5.91 Å². The number of fused-ring (bicyclic) bond motifs is 1. The molecule has 1 saturated carbocycles. The van der Waals surface area contributed by atoms with Crippen LogP contribution in [0.1, 0.15) is 24.8 Å². The molecule has 0 N–H and O–H groups in total. The molecule has 1 fully saturated rings. The minimum absolute atomic E-state index is 0.311. The minimum Gasteiger partial charge on any atom is -0.309 e. The number of hydrogen-bond acceptors (Lipinski definition) is 1. The molecule has 0 unspecified atom stereocenters. The number of hydrogen-bond donors (Lipinski definition) is 0. The Bertz CT molecular complexity index is 382. The molecule has 2 aliphatic rings. The lowest BCUT2D eigenvalue weighted by Crippen LogP contribution is -2.36. The summed E-state index contributed by atoms with van der Waals surface area (Å²) in [5, 5.41) is 0.